The van der Waals surface area contributed by atoms with Crippen LogP contribution in [0.4, 0.5) is 0 Å². The van der Waals surface area contributed by atoms with Gasteiger partial charge in [-0.15, -0.1) is 0 Å². The van der Waals surface area contributed by atoms with Gasteiger partial charge < -0.3 is 10.6 Å². The molecule has 0 atom stereocenters. The first-order valence-electron chi connectivity index (χ1n) is 9.21. The SMILES string of the molecule is CC(=O)NCCNCc1cn(-c2cc(C)ccc2C)nc1-c1ccccc1. The van der Waals surface area contributed by atoms with Gasteiger partial charge in [0.2, 0.25) is 5.91 Å². The average Bonchev–Trinajstić information content (AvgIpc) is 3.08. The Hall–Kier alpha value is -2.92. The molecule has 0 saturated heterocycles. The van der Waals surface area contributed by atoms with Gasteiger partial charge in [0.15, 0.2) is 0 Å². The van der Waals surface area contributed by atoms with Crippen molar-refractivity contribution in [3.8, 4) is 16.9 Å². The molecule has 0 aliphatic heterocycles. The van der Waals surface area contributed by atoms with E-state index in [9.17, 15) is 4.79 Å². The van der Waals surface area contributed by atoms with Crippen molar-refractivity contribution >= 4 is 5.91 Å². The summed E-state index contributed by atoms with van der Waals surface area (Å²) in [5, 5.41) is 11.1. The zero-order chi connectivity index (χ0) is 19.2. The Kier molecular flexibility index (Phi) is 6.04. The van der Waals surface area contributed by atoms with E-state index in [2.05, 4.69) is 61.0 Å². The van der Waals surface area contributed by atoms with Crippen LogP contribution in [0.15, 0.2) is 54.7 Å². The van der Waals surface area contributed by atoms with E-state index in [0.29, 0.717) is 19.6 Å². The Labute approximate surface area is 160 Å². The molecular formula is C22H26N4O. The predicted molar refractivity (Wildman–Crippen MR) is 109 cm³/mol. The van der Waals surface area contributed by atoms with Crippen LogP contribution >= 0.6 is 0 Å². The van der Waals surface area contributed by atoms with Crippen LogP contribution in [0.1, 0.15) is 23.6 Å². The number of nitrogens with one attached hydrogen (secondary N) is 2. The lowest BCUT2D eigenvalue weighted by Gasteiger charge is -2.07. The molecule has 5 nitrogen and oxygen atoms in total. The van der Waals surface area contributed by atoms with Crippen LogP contribution in [-0.4, -0.2) is 28.8 Å². The molecule has 0 saturated carbocycles. The van der Waals surface area contributed by atoms with Gasteiger partial charge >= 0.3 is 0 Å². The van der Waals surface area contributed by atoms with Crippen molar-refractivity contribution in [3.63, 3.8) is 0 Å². The molecule has 140 valence electrons. The number of aromatic nitrogens is 2. The minimum absolute atomic E-state index is 0.00971. The van der Waals surface area contributed by atoms with Gasteiger partial charge in [-0.1, -0.05) is 42.5 Å². The number of amides is 1. The van der Waals surface area contributed by atoms with Gasteiger partial charge in [0.1, 0.15) is 0 Å². The summed E-state index contributed by atoms with van der Waals surface area (Å²) in [6, 6.07) is 16.6. The van der Waals surface area contributed by atoms with Crippen molar-refractivity contribution in [2.24, 2.45) is 0 Å². The number of rotatable bonds is 7. The molecule has 0 aliphatic carbocycles. The highest BCUT2D eigenvalue weighted by Gasteiger charge is 2.13. The van der Waals surface area contributed by atoms with Crippen LogP contribution in [0.5, 0.6) is 0 Å². The fourth-order valence-corrected chi connectivity index (χ4v) is 3.02. The monoisotopic (exact) mass is 362 g/mol. The summed E-state index contributed by atoms with van der Waals surface area (Å²) in [5.74, 6) is -0.00971. The molecule has 3 aromatic rings. The number of carbonyl (C=O) groups excluding carboxylic acids is 1. The molecule has 0 fully saturated rings. The highest BCUT2D eigenvalue weighted by atomic mass is 16.1. The first-order chi connectivity index (χ1) is 13.0. The van der Waals surface area contributed by atoms with Gasteiger partial charge in [-0.25, -0.2) is 4.68 Å². The van der Waals surface area contributed by atoms with Crippen molar-refractivity contribution in [3.05, 3.63) is 71.4 Å². The number of nitrogens with zero attached hydrogens (tertiary/aromatic N) is 2. The molecule has 3 rings (SSSR count). The Bertz CT molecular complexity index is 915. The van der Waals surface area contributed by atoms with Crippen molar-refractivity contribution in [1.29, 1.82) is 0 Å². The zero-order valence-electron chi connectivity index (χ0n) is 16.1. The van der Waals surface area contributed by atoms with Crippen molar-refractivity contribution < 1.29 is 4.79 Å². The highest BCUT2D eigenvalue weighted by Crippen LogP contribution is 2.25. The smallest absolute Gasteiger partial charge is 0.216 e. The van der Waals surface area contributed by atoms with Crippen LogP contribution in [-0.2, 0) is 11.3 Å². The molecule has 5 heteroatoms. The minimum Gasteiger partial charge on any atom is -0.355 e. The Morgan fingerprint density at radius 2 is 1.85 bits per heavy atom. The topological polar surface area (TPSA) is 59.0 Å². The number of benzene rings is 2. The number of hydrogen-bond donors (Lipinski definition) is 2. The lowest BCUT2D eigenvalue weighted by Crippen LogP contribution is -2.29. The standard InChI is InChI=1S/C22H26N4O/c1-16-9-10-17(2)21(13-16)26-15-20(14-23-11-12-24-18(3)27)22(25-26)19-7-5-4-6-8-19/h4-10,13,15,23H,11-12,14H2,1-3H3,(H,24,27). The van der Waals surface area contributed by atoms with Gasteiger partial charge in [0, 0.05) is 43.9 Å². The van der Waals surface area contributed by atoms with E-state index < -0.39 is 0 Å². The molecule has 27 heavy (non-hydrogen) atoms. The summed E-state index contributed by atoms with van der Waals surface area (Å²) in [5.41, 5.74) is 6.69. The second-order valence-electron chi connectivity index (χ2n) is 6.76. The van der Waals surface area contributed by atoms with E-state index in [4.69, 9.17) is 5.10 Å². The fraction of sp³-hybridized carbons (Fsp3) is 0.273. The Morgan fingerprint density at radius 1 is 1.07 bits per heavy atom. The molecule has 0 unspecified atom stereocenters. The molecule has 0 bridgehead atoms. The summed E-state index contributed by atoms with van der Waals surface area (Å²) < 4.78 is 1.97. The van der Waals surface area contributed by atoms with E-state index in [0.717, 1.165) is 22.5 Å². The normalized spacial score (nSPS) is 10.8. The van der Waals surface area contributed by atoms with Gasteiger partial charge in [0.05, 0.1) is 11.4 Å². The quantitative estimate of drug-likeness (QED) is 0.634. The van der Waals surface area contributed by atoms with E-state index in [-0.39, 0.29) is 5.91 Å². The molecule has 1 aromatic heterocycles. The number of aryl methyl sites for hydroxylation is 2. The summed E-state index contributed by atoms with van der Waals surface area (Å²) in [7, 11) is 0. The number of hydrogen-bond acceptors (Lipinski definition) is 3. The Balaban J connectivity index is 1.87. The summed E-state index contributed by atoms with van der Waals surface area (Å²) in [6.07, 6.45) is 2.09. The van der Waals surface area contributed by atoms with Crippen molar-refractivity contribution in [1.82, 2.24) is 20.4 Å². The third-order valence-corrected chi connectivity index (χ3v) is 4.44. The molecule has 0 spiro atoms. The van der Waals surface area contributed by atoms with Gasteiger partial charge in [-0.05, 0) is 31.0 Å². The van der Waals surface area contributed by atoms with Crippen molar-refractivity contribution in [2.45, 2.75) is 27.3 Å². The summed E-state index contributed by atoms with van der Waals surface area (Å²) >= 11 is 0. The van der Waals surface area contributed by atoms with Crippen LogP contribution < -0.4 is 10.6 Å². The lowest BCUT2D eigenvalue weighted by molar-refractivity contribution is -0.118. The van der Waals surface area contributed by atoms with Gasteiger partial charge in [-0.3, -0.25) is 4.79 Å². The van der Waals surface area contributed by atoms with Gasteiger partial charge in [-0.2, -0.15) is 5.10 Å². The third kappa shape index (κ3) is 4.83. The minimum atomic E-state index is -0.00971. The zero-order valence-corrected chi connectivity index (χ0v) is 16.1. The second kappa shape index (κ2) is 8.64. The van der Waals surface area contributed by atoms with Gasteiger partial charge in [0.25, 0.3) is 0 Å². The first kappa shape index (κ1) is 18.9. The Morgan fingerprint density at radius 3 is 2.59 bits per heavy atom. The largest absolute Gasteiger partial charge is 0.355 e. The maximum Gasteiger partial charge on any atom is 0.216 e. The van der Waals surface area contributed by atoms with Crippen LogP contribution in [0.2, 0.25) is 0 Å². The maximum absolute atomic E-state index is 11.0. The molecular weight excluding hydrogens is 336 g/mol. The van der Waals surface area contributed by atoms with E-state index in [1.54, 1.807) is 0 Å². The molecule has 1 heterocycles. The predicted octanol–water partition coefficient (Wildman–Crippen LogP) is 3.38. The summed E-state index contributed by atoms with van der Waals surface area (Å²) in [4.78, 5) is 11.0. The second-order valence-corrected chi connectivity index (χ2v) is 6.76. The van der Waals surface area contributed by atoms with Crippen LogP contribution in [0, 0.1) is 13.8 Å². The van der Waals surface area contributed by atoms with E-state index in [1.807, 2.05) is 22.9 Å². The number of carbonyl (C=O) groups is 1. The van der Waals surface area contributed by atoms with E-state index in [1.165, 1.54) is 18.1 Å². The highest BCUT2D eigenvalue weighted by molar-refractivity contribution is 5.72. The molecule has 0 aliphatic rings. The fourth-order valence-electron chi connectivity index (χ4n) is 3.02. The third-order valence-electron chi connectivity index (χ3n) is 4.44. The maximum atomic E-state index is 11.0. The molecule has 2 aromatic carbocycles. The van der Waals surface area contributed by atoms with Crippen LogP contribution in [0.3, 0.4) is 0 Å². The molecule has 0 radical (unpaired) electrons. The summed E-state index contributed by atoms with van der Waals surface area (Å²) in [6.45, 7) is 7.74. The first-order valence-corrected chi connectivity index (χ1v) is 9.21. The van der Waals surface area contributed by atoms with E-state index >= 15 is 0 Å². The van der Waals surface area contributed by atoms with Crippen LogP contribution in [0.25, 0.3) is 16.9 Å². The molecule has 1 amide bonds. The molecule has 2 N–H and O–H groups in total. The lowest BCUT2D eigenvalue weighted by atomic mass is 10.1. The van der Waals surface area contributed by atoms with Crippen molar-refractivity contribution in [2.75, 3.05) is 13.1 Å². The average molecular weight is 362 g/mol.